The average molecular weight is 390 g/mol. The Bertz CT molecular complexity index is 1290. The summed E-state index contributed by atoms with van der Waals surface area (Å²) in [6, 6.07) is 12.7. The van der Waals surface area contributed by atoms with Crippen molar-refractivity contribution in [2.24, 2.45) is 0 Å². The topological polar surface area (TPSA) is 61.8 Å². The van der Waals surface area contributed by atoms with Gasteiger partial charge in [0.2, 0.25) is 0 Å². The highest BCUT2D eigenvalue weighted by Crippen LogP contribution is 2.37. The van der Waals surface area contributed by atoms with Crippen LogP contribution in [0.4, 0.5) is 0 Å². The fraction of sp³-hybridized carbons (Fsp3) is 0.208. The minimum atomic E-state index is -0.433. The number of fused-ring (bicyclic) bond motifs is 2. The van der Waals surface area contributed by atoms with Crippen LogP contribution in [0.5, 0.6) is 11.5 Å². The van der Waals surface area contributed by atoms with Crippen LogP contribution in [0.2, 0.25) is 0 Å². The molecular weight excluding hydrogens is 368 g/mol. The van der Waals surface area contributed by atoms with Crippen LogP contribution in [0.1, 0.15) is 19.4 Å². The van der Waals surface area contributed by atoms with Gasteiger partial charge in [0.25, 0.3) is 0 Å². The monoisotopic (exact) mass is 390 g/mol. The average Bonchev–Trinajstić information content (AvgIpc) is 3.11. The molecule has 29 heavy (non-hydrogen) atoms. The summed E-state index contributed by atoms with van der Waals surface area (Å²) < 4.78 is 22.8. The first-order valence-electron chi connectivity index (χ1n) is 9.38. The molecule has 0 amide bonds. The normalized spacial score (nSPS) is 11.0. The van der Waals surface area contributed by atoms with Crippen molar-refractivity contribution in [2.75, 3.05) is 13.7 Å². The standard InChI is InChI=1S/C24H22O5/c1-14(2)8-9-27-20-12-17-18(13-23(25)28-21(17)10-15(20)3)22-11-16-6-5-7-19(26-4)24(16)29-22/h5-8,10-13H,9H2,1-4H3. The second-order valence-electron chi connectivity index (χ2n) is 7.17. The first-order chi connectivity index (χ1) is 14.0. The van der Waals surface area contributed by atoms with Crippen molar-refractivity contribution in [3.8, 4) is 22.8 Å². The van der Waals surface area contributed by atoms with E-state index >= 15 is 0 Å². The van der Waals surface area contributed by atoms with Gasteiger partial charge in [0.15, 0.2) is 11.3 Å². The zero-order valence-corrected chi connectivity index (χ0v) is 16.9. The van der Waals surface area contributed by atoms with Crippen molar-refractivity contribution in [3.63, 3.8) is 0 Å². The van der Waals surface area contributed by atoms with Crippen molar-refractivity contribution in [1.82, 2.24) is 0 Å². The summed E-state index contributed by atoms with van der Waals surface area (Å²) in [5, 5.41) is 1.65. The Balaban J connectivity index is 1.89. The molecule has 0 unspecified atom stereocenters. The molecular formula is C24H22O5. The molecule has 4 aromatic rings. The van der Waals surface area contributed by atoms with Crippen LogP contribution in [0.15, 0.2) is 67.7 Å². The number of hydrogen-bond donors (Lipinski definition) is 0. The molecule has 0 atom stereocenters. The third-order valence-corrected chi connectivity index (χ3v) is 4.76. The van der Waals surface area contributed by atoms with Gasteiger partial charge in [0.05, 0.1) is 7.11 Å². The van der Waals surface area contributed by atoms with Gasteiger partial charge in [-0.1, -0.05) is 17.7 Å². The third kappa shape index (κ3) is 3.63. The van der Waals surface area contributed by atoms with Gasteiger partial charge in [-0.05, 0) is 56.7 Å². The van der Waals surface area contributed by atoms with E-state index in [2.05, 4.69) is 0 Å². The summed E-state index contributed by atoms with van der Waals surface area (Å²) >= 11 is 0. The van der Waals surface area contributed by atoms with Gasteiger partial charge < -0.3 is 18.3 Å². The zero-order chi connectivity index (χ0) is 20.5. The van der Waals surface area contributed by atoms with Crippen LogP contribution in [-0.2, 0) is 0 Å². The van der Waals surface area contributed by atoms with Gasteiger partial charge in [-0.3, -0.25) is 0 Å². The van der Waals surface area contributed by atoms with Crippen LogP contribution >= 0.6 is 0 Å². The number of aryl methyl sites for hydroxylation is 1. The van der Waals surface area contributed by atoms with E-state index in [1.54, 1.807) is 7.11 Å². The lowest BCUT2D eigenvalue weighted by molar-refractivity contribution is 0.359. The molecule has 5 nitrogen and oxygen atoms in total. The van der Waals surface area contributed by atoms with E-state index in [4.69, 9.17) is 18.3 Å². The Labute approximate surface area is 168 Å². The molecule has 0 aliphatic heterocycles. The molecule has 4 rings (SSSR count). The number of benzene rings is 2. The Hall–Kier alpha value is -3.47. The number of methoxy groups -OCH3 is 1. The first kappa shape index (κ1) is 18.9. The van der Waals surface area contributed by atoms with Gasteiger partial charge >= 0.3 is 5.63 Å². The molecule has 0 spiro atoms. The minimum Gasteiger partial charge on any atom is -0.493 e. The number of rotatable bonds is 5. The van der Waals surface area contributed by atoms with Gasteiger partial charge in [-0.15, -0.1) is 0 Å². The molecule has 148 valence electrons. The number of furan rings is 1. The number of para-hydroxylation sites is 1. The quantitative estimate of drug-likeness (QED) is 0.315. The Morgan fingerprint density at radius 1 is 1.07 bits per heavy atom. The highest BCUT2D eigenvalue weighted by Gasteiger charge is 2.16. The lowest BCUT2D eigenvalue weighted by atomic mass is 10.0. The Kier molecular flexibility index (Phi) is 4.89. The molecule has 2 aromatic heterocycles. The molecule has 0 bridgehead atoms. The van der Waals surface area contributed by atoms with E-state index in [0.717, 1.165) is 22.1 Å². The van der Waals surface area contributed by atoms with Crippen LogP contribution in [0, 0.1) is 6.92 Å². The predicted octanol–water partition coefficient (Wildman–Crippen LogP) is 5.87. The van der Waals surface area contributed by atoms with Crippen LogP contribution < -0.4 is 15.1 Å². The minimum absolute atomic E-state index is 0.433. The van der Waals surface area contributed by atoms with Crippen molar-refractivity contribution >= 4 is 21.9 Å². The molecule has 0 saturated heterocycles. The summed E-state index contributed by atoms with van der Waals surface area (Å²) in [4.78, 5) is 12.2. The van der Waals surface area contributed by atoms with Crippen LogP contribution in [0.25, 0.3) is 33.3 Å². The van der Waals surface area contributed by atoms with Gasteiger partial charge in [0, 0.05) is 22.4 Å². The summed E-state index contributed by atoms with van der Waals surface area (Å²) in [6.07, 6.45) is 2.02. The lowest BCUT2D eigenvalue weighted by Gasteiger charge is -2.10. The van der Waals surface area contributed by atoms with Gasteiger partial charge in [-0.25, -0.2) is 4.79 Å². The second-order valence-corrected chi connectivity index (χ2v) is 7.17. The highest BCUT2D eigenvalue weighted by atomic mass is 16.5. The van der Waals surface area contributed by atoms with Crippen LogP contribution in [-0.4, -0.2) is 13.7 Å². The molecule has 0 aliphatic carbocycles. The number of ether oxygens (including phenoxy) is 2. The predicted molar refractivity (Wildman–Crippen MR) is 114 cm³/mol. The Morgan fingerprint density at radius 2 is 1.90 bits per heavy atom. The van der Waals surface area contributed by atoms with Gasteiger partial charge in [-0.2, -0.15) is 0 Å². The van der Waals surface area contributed by atoms with E-state index in [-0.39, 0.29) is 0 Å². The summed E-state index contributed by atoms with van der Waals surface area (Å²) in [5.74, 6) is 1.95. The fourth-order valence-corrected chi connectivity index (χ4v) is 3.28. The summed E-state index contributed by atoms with van der Waals surface area (Å²) in [7, 11) is 1.60. The first-order valence-corrected chi connectivity index (χ1v) is 9.38. The van der Waals surface area contributed by atoms with E-state index < -0.39 is 5.63 Å². The van der Waals surface area contributed by atoms with Crippen molar-refractivity contribution < 1.29 is 18.3 Å². The molecule has 5 heteroatoms. The summed E-state index contributed by atoms with van der Waals surface area (Å²) in [5.41, 5.74) is 3.43. The lowest BCUT2D eigenvalue weighted by Crippen LogP contribution is -2.00. The maximum atomic E-state index is 12.2. The maximum Gasteiger partial charge on any atom is 0.336 e. The number of allylic oxidation sites excluding steroid dienone is 1. The van der Waals surface area contributed by atoms with E-state index in [1.165, 1.54) is 11.6 Å². The molecule has 0 saturated carbocycles. The number of hydrogen-bond acceptors (Lipinski definition) is 5. The zero-order valence-electron chi connectivity index (χ0n) is 16.9. The van der Waals surface area contributed by atoms with E-state index in [0.29, 0.717) is 34.8 Å². The second kappa shape index (κ2) is 7.51. The third-order valence-electron chi connectivity index (χ3n) is 4.76. The fourth-order valence-electron chi connectivity index (χ4n) is 3.28. The Morgan fingerprint density at radius 3 is 2.66 bits per heavy atom. The molecule has 2 aromatic carbocycles. The van der Waals surface area contributed by atoms with Crippen molar-refractivity contribution in [3.05, 3.63) is 70.1 Å². The largest absolute Gasteiger partial charge is 0.493 e. The SMILES string of the molecule is COc1cccc2cc(-c3cc(=O)oc4cc(C)c(OCC=C(C)C)cc34)oc12. The van der Waals surface area contributed by atoms with Crippen molar-refractivity contribution in [2.45, 2.75) is 20.8 Å². The highest BCUT2D eigenvalue weighted by molar-refractivity contribution is 5.96. The van der Waals surface area contributed by atoms with E-state index in [9.17, 15) is 4.79 Å². The van der Waals surface area contributed by atoms with E-state index in [1.807, 2.05) is 63.2 Å². The summed E-state index contributed by atoms with van der Waals surface area (Å²) in [6.45, 7) is 6.46. The van der Waals surface area contributed by atoms with Crippen molar-refractivity contribution in [1.29, 1.82) is 0 Å². The molecule has 0 radical (unpaired) electrons. The smallest absolute Gasteiger partial charge is 0.336 e. The molecule has 0 aliphatic rings. The maximum absolute atomic E-state index is 12.2. The van der Waals surface area contributed by atoms with Gasteiger partial charge in [0.1, 0.15) is 23.7 Å². The molecule has 0 fully saturated rings. The molecule has 0 N–H and O–H groups in total. The molecule has 2 heterocycles. The van der Waals surface area contributed by atoms with Crippen LogP contribution in [0.3, 0.4) is 0 Å².